The van der Waals surface area contributed by atoms with Crippen LogP contribution in [-0.2, 0) is 14.8 Å². The summed E-state index contributed by atoms with van der Waals surface area (Å²) >= 11 is 1.02. The van der Waals surface area contributed by atoms with Crippen LogP contribution in [0.5, 0.6) is 0 Å². The van der Waals surface area contributed by atoms with Crippen LogP contribution in [0.1, 0.15) is 27.2 Å². The molecule has 0 heterocycles. The third-order valence-corrected chi connectivity index (χ3v) is 5.47. The highest BCUT2D eigenvalue weighted by atomic mass is 32.2. The Hall–Kier alpha value is -1.05. The maximum atomic E-state index is 12.2. The first-order valence-electron chi connectivity index (χ1n) is 6.22. The zero-order chi connectivity index (χ0) is 15.4. The summed E-state index contributed by atoms with van der Waals surface area (Å²) in [5, 5.41) is 9.15. The van der Waals surface area contributed by atoms with Gasteiger partial charge in [0.25, 0.3) is 0 Å². The number of carboxylic acid groups (broad SMARTS) is 1. The second kappa shape index (κ2) is 6.60. The van der Waals surface area contributed by atoms with Crippen LogP contribution >= 0.6 is 11.8 Å². The Morgan fingerprint density at radius 1 is 1.35 bits per heavy atom. The Morgan fingerprint density at radius 2 is 1.95 bits per heavy atom. The molecule has 1 aromatic carbocycles. The molecule has 7 heteroatoms. The van der Waals surface area contributed by atoms with Gasteiger partial charge in [-0.1, -0.05) is 19.1 Å². The van der Waals surface area contributed by atoms with E-state index in [4.69, 9.17) is 5.11 Å². The molecule has 0 unspecified atom stereocenters. The number of hydrogen-bond donors (Lipinski definition) is 2. The van der Waals surface area contributed by atoms with Gasteiger partial charge in [0.2, 0.25) is 10.0 Å². The first-order valence-corrected chi connectivity index (χ1v) is 8.52. The minimum atomic E-state index is -3.61. The lowest BCUT2D eigenvalue weighted by Gasteiger charge is -2.20. The number of nitrogens with one attached hydrogen (secondary N) is 1. The van der Waals surface area contributed by atoms with E-state index in [1.165, 1.54) is 6.07 Å². The predicted octanol–water partition coefficient (Wildman–Crippen LogP) is 2.33. The molecule has 112 valence electrons. The Balaban J connectivity index is 3.15. The van der Waals surface area contributed by atoms with E-state index in [1.54, 1.807) is 32.0 Å². The summed E-state index contributed by atoms with van der Waals surface area (Å²) in [6.45, 7) is 5.31. The number of thioether (sulfide) groups is 1. The third-order valence-electron chi connectivity index (χ3n) is 2.56. The number of carbonyl (C=O) groups is 1. The highest BCUT2D eigenvalue weighted by molar-refractivity contribution is 8.02. The maximum absolute atomic E-state index is 12.2. The average Bonchev–Trinajstić information content (AvgIpc) is 2.36. The lowest BCUT2D eigenvalue weighted by Crippen LogP contribution is -2.28. The molecule has 0 saturated carbocycles. The van der Waals surface area contributed by atoms with Crippen LogP contribution in [0.4, 0.5) is 0 Å². The molecule has 0 aromatic heterocycles. The van der Waals surface area contributed by atoms with E-state index in [9.17, 15) is 13.2 Å². The molecule has 0 bridgehead atoms. The fraction of sp³-hybridized carbons (Fsp3) is 0.462. The van der Waals surface area contributed by atoms with E-state index in [0.717, 1.165) is 11.8 Å². The van der Waals surface area contributed by atoms with Crippen molar-refractivity contribution in [2.75, 3.05) is 6.54 Å². The number of aliphatic carboxylic acids is 1. The molecule has 0 aliphatic carbocycles. The summed E-state index contributed by atoms with van der Waals surface area (Å²) in [5.74, 6) is -0.990. The summed E-state index contributed by atoms with van der Waals surface area (Å²) < 4.78 is 25.8. The lowest BCUT2D eigenvalue weighted by atomic mass is 10.2. The molecule has 1 rings (SSSR count). The normalized spacial score (nSPS) is 12.3. The van der Waals surface area contributed by atoms with E-state index in [2.05, 4.69) is 4.72 Å². The lowest BCUT2D eigenvalue weighted by molar-refractivity contribution is -0.138. The van der Waals surface area contributed by atoms with Crippen LogP contribution in [0.3, 0.4) is 0 Å². The maximum Gasteiger partial charge on any atom is 0.319 e. The number of sulfonamides is 1. The van der Waals surface area contributed by atoms with E-state index in [-0.39, 0.29) is 4.90 Å². The van der Waals surface area contributed by atoms with Crippen molar-refractivity contribution in [3.05, 3.63) is 24.3 Å². The summed E-state index contributed by atoms with van der Waals surface area (Å²) in [5.41, 5.74) is 0. The van der Waals surface area contributed by atoms with Crippen molar-refractivity contribution in [1.82, 2.24) is 4.72 Å². The molecule has 0 spiro atoms. The number of carboxylic acids is 1. The third kappa shape index (κ3) is 4.22. The van der Waals surface area contributed by atoms with Crippen LogP contribution < -0.4 is 4.72 Å². The number of benzene rings is 1. The summed E-state index contributed by atoms with van der Waals surface area (Å²) in [4.78, 5) is 11.7. The number of rotatable bonds is 7. The van der Waals surface area contributed by atoms with E-state index >= 15 is 0 Å². The van der Waals surface area contributed by atoms with Gasteiger partial charge in [-0.15, -0.1) is 11.8 Å². The molecule has 5 nitrogen and oxygen atoms in total. The average molecular weight is 317 g/mol. The first-order chi connectivity index (χ1) is 9.20. The number of hydrogen-bond acceptors (Lipinski definition) is 4. The Bertz CT molecular complexity index is 582. The molecule has 20 heavy (non-hydrogen) atoms. The van der Waals surface area contributed by atoms with Gasteiger partial charge in [0, 0.05) is 11.4 Å². The van der Waals surface area contributed by atoms with Crippen molar-refractivity contribution in [3.63, 3.8) is 0 Å². The van der Waals surface area contributed by atoms with Gasteiger partial charge in [-0.3, -0.25) is 4.79 Å². The van der Waals surface area contributed by atoms with Crippen molar-refractivity contribution in [1.29, 1.82) is 0 Å². The van der Waals surface area contributed by atoms with Crippen molar-refractivity contribution in [2.24, 2.45) is 0 Å². The molecule has 1 aromatic rings. The second-order valence-corrected chi connectivity index (χ2v) is 8.16. The molecule has 0 radical (unpaired) electrons. The Labute approximate surface area is 123 Å². The molecule has 0 amide bonds. The van der Waals surface area contributed by atoms with Gasteiger partial charge < -0.3 is 5.11 Å². The summed E-state index contributed by atoms with van der Waals surface area (Å²) in [6.07, 6.45) is 0.690. The molecule has 0 saturated heterocycles. The van der Waals surface area contributed by atoms with Crippen LogP contribution in [0.15, 0.2) is 34.1 Å². The Morgan fingerprint density at radius 3 is 2.50 bits per heavy atom. The largest absolute Gasteiger partial charge is 0.480 e. The predicted molar refractivity (Wildman–Crippen MR) is 79.5 cm³/mol. The highest BCUT2D eigenvalue weighted by Gasteiger charge is 2.31. The van der Waals surface area contributed by atoms with Gasteiger partial charge in [0.15, 0.2) is 0 Å². The van der Waals surface area contributed by atoms with Gasteiger partial charge in [-0.05, 0) is 32.4 Å². The van der Waals surface area contributed by atoms with Crippen LogP contribution in [0, 0.1) is 0 Å². The molecule has 0 atom stereocenters. The van der Waals surface area contributed by atoms with Crippen LogP contribution in [0.2, 0.25) is 0 Å². The van der Waals surface area contributed by atoms with Gasteiger partial charge in [0.05, 0.1) is 4.90 Å². The quantitative estimate of drug-likeness (QED) is 0.754. The van der Waals surface area contributed by atoms with Crippen molar-refractivity contribution < 1.29 is 18.3 Å². The monoisotopic (exact) mass is 317 g/mol. The highest BCUT2D eigenvalue weighted by Crippen LogP contribution is 2.36. The van der Waals surface area contributed by atoms with Crippen molar-refractivity contribution in [2.45, 2.75) is 41.7 Å². The van der Waals surface area contributed by atoms with E-state index in [1.807, 2.05) is 6.92 Å². The summed E-state index contributed by atoms with van der Waals surface area (Å²) in [7, 11) is -3.61. The fourth-order valence-electron chi connectivity index (χ4n) is 1.39. The minimum Gasteiger partial charge on any atom is -0.480 e. The zero-order valence-electron chi connectivity index (χ0n) is 11.7. The van der Waals surface area contributed by atoms with Crippen LogP contribution in [0.25, 0.3) is 0 Å². The van der Waals surface area contributed by atoms with Crippen LogP contribution in [-0.4, -0.2) is 30.8 Å². The van der Waals surface area contributed by atoms with Gasteiger partial charge in [-0.25, -0.2) is 13.1 Å². The van der Waals surface area contributed by atoms with Gasteiger partial charge in [-0.2, -0.15) is 0 Å². The molecular weight excluding hydrogens is 298 g/mol. The van der Waals surface area contributed by atoms with Gasteiger partial charge in [0.1, 0.15) is 4.75 Å². The SMILES string of the molecule is CCCNS(=O)(=O)c1ccccc1SC(C)(C)C(=O)O. The van der Waals surface area contributed by atoms with Crippen molar-refractivity contribution in [3.8, 4) is 0 Å². The van der Waals surface area contributed by atoms with E-state index in [0.29, 0.717) is 17.9 Å². The summed E-state index contributed by atoms with van der Waals surface area (Å²) in [6, 6.07) is 6.42. The van der Waals surface area contributed by atoms with Gasteiger partial charge >= 0.3 is 5.97 Å². The van der Waals surface area contributed by atoms with E-state index < -0.39 is 20.7 Å². The Kier molecular flexibility index (Phi) is 5.61. The smallest absolute Gasteiger partial charge is 0.319 e. The molecular formula is C13H19NO4S2. The molecule has 0 fully saturated rings. The molecule has 2 N–H and O–H groups in total. The molecule has 0 aliphatic heterocycles. The molecule has 0 aliphatic rings. The standard InChI is InChI=1S/C13H19NO4S2/c1-4-9-14-20(17,18)11-8-6-5-7-10(11)19-13(2,3)12(15)16/h5-8,14H,4,9H2,1-3H3,(H,15,16). The topological polar surface area (TPSA) is 83.5 Å². The zero-order valence-corrected chi connectivity index (χ0v) is 13.3. The minimum absolute atomic E-state index is 0.118. The van der Waals surface area contributed by atoms with Crippen molar-refractivity contribution >= 4 is 27.8 Å². The fourth-order valence-corrected chi connectivity index (χ4v) is 4.01. The second-order valence-electron chi connectivity index (χ2n) is 4.76. The first kappa shape index (κ1) is 17.0.